The molecule has 7 aromatic rings. The molecule has 0 fully saturated rings. The van der Waals surface area contributed by atoms with Gasteiger partial charge in [-0.3, -0.25) is 49.0 Å². The molecule has 0 aliphatic rings. The number of carbonyl (C=O) groups is 9. The molecule has 0 unspecified atom stereocenters. The molecule has 5 aromatic heterocycles. The van der Waals surface area contributed by atoms with Gasteiger partial charge in [0.15, 0.2) is 17.5 Å². The zero-order valence-corrected chi connectivity index (χ0v) is 57.0. The van der Waals surface area contributed by atoms with Crippen LogP contribution < -0.4 is 52.6 Å². The van der Waals surface area contributed by atoms with Gasteiger partial charge >= 0.3 is 6.09 Å². The van der Waals surface area contributed by atoms with Gasteiger partial charge in [-0.1, -0.05) is 30.3 Å². The number of anilines is 8. The number of aryl methyl sites for hydroxylation is 5. The highest BCUT2D eigenvalue weighted by Crippen LogP contribution is 2.22. The first-order chi connectivity index (χ1) is 48.8. The summed E-state index contributed by atoms with van der Waals surface area (Å²) in [5.74, 6) is -2.05. The Kier molecular flexibility index (Phi) is 32.4. The predicted octanol–water partition coefficient (Wildman–Crippen LogP) is 4.56. The summed E-state index contributed by atoms with van der Waals surface area (Å²) in [5, 5.41) is 24.0. The average Bonchev–Trinajstić information content (AvgIpc) is 1.72. The molecule has 2 aromatic carbocycles. The Hall–Kier alpha value is -10.8. The van der Waals surface area contributed by atoms with Crippen molar-refractivity contribution in [1.82, 2.24) is 43.1 Å². The van der Waals surface area contributed by atoms with Gasteiger partial charge in [0.05, 0.1) is 104 Å². The van der Waals surface area contributed by atoms with Crippen molar-refractivity contribution in [2.24, 2.45) is 35.2 Å². The van der Waals surface area contributed by atoms with Crippen molar-refractivity contribution in [3.63, 3.8) is 0 Å². The molecule has 9 N–H and O–H groups in total. The van der Waals surface area contributed by atoms with Crippen LogP contribution in [0.5, 0.6) is 5.75 Å². The van der Waals surface area contributed by atoms with Gasteiger partial charge in [0.2, 0.25) is 47.2 Å². The van der Waals surface area contributed by atoms with Gasteiger partial charge in [-0.2, -0.15) is 4.98 Å². The Bertz CT molecular complexity index is 3810. The van der Waals surface area contributed by atoms with E-state index in [1.807, 2.05) is 30.3 Å². The standard InChI is InChI=1S/C66H87N17O18/c1-79-23-21-68-61(79)63(90)69-48-39-53(80(2)41-48)76-58(87)19-17-56(85)72-51-43-82(4)62(74-51)64(91)70-49-40-54(81(3)42-49)77-59(88)20-18-57(86)73-52-44-83(5)65(75-52)78-60(89)16-15-55(84)67-22-24-93-25-26-94-27-28-95-29-30-96-31-32-97-33-34-98-35-36-99-37-38-100-50-13-11-47(12-14-50)71-66(92)101-45-46-9-7-6-8-10-46/h6-14,21,23,39-44H,15-20,22,24-38,45H2,1-5H3,(H,67,84)(H,69,90)(H,70,91)(H,71,92)(H,72,85)(H,73,86)(H,76,87)(H,77,88)(H,75,78,89). The van der Waals surface area contributed by atoms with E-state index in [1.165, 1.54) is 33.8 Å². The Morgan fingerprint density at radius 3 is 1.35 bits per heavy atom. The largest absolute Gasteiger partial charge is 0.491 e. The number of imidazole rings is 3. The number of rotatable bonds is 46. The number of hydrogen-bond acceptors (Lipinski definition) is 21. The zero-order valence-electron chi connectivity index (χ0n) is 57.0. The SMILES string of the molecule is Cn1cc(NC(=O)c2nc(NC(=O)CCC(=O)Nc3cc(NC(=O)c4nccn4C)cn3C)cn2C)cc1NC(=O)CCC(=O)Nc1cn(C)c(NC(=O)CCC(=O)NCCOCCOCCOCCOCCOCCOCCOCCOc2ccc(NC(=O)OCc3ccccc3)cc2)n1. The van der Waals surface area contributed by atoms with Gasteiger partial charge in [-0.25, -0.2) is 14.8 Å². The highest BCUT2D eigenvalue weighted by atomic mass is 16.6. The third-order valence-electron chi connectivity index (χ3n) is 14.2. The van der Waals surface area contributed by atoms with Crippen LogP contribution in [-0.2, 0) is 109 Å². The summed E-state index contributed by atoms with van der Waals surface area (Å²) < 4.78 is 57.2. The lowest BCUT2D eigenvalue weighted by Crippen LogP contribution is -2.28. The van der Waals surface area contributed by atoms with Crippen LogP contribution in [0.25, 0.3) is 0 Å². The maximum absolute atomic E-state index is 13.3. The van der Waals surface area contributed by atoms with E-state index >= 15 is 0 Å². The van der Waals surface area contributed by atoms with Gasteiger partial charge in [-0.05, 0) is 29.8 Å². The molecule has 7 rings (SSSR count). The Morgan fingerprint density at radius 2 is 0.842 bits per heavy atom. The molecular formula is C66H87N17O18. The smallest absolute Gasteiger partial charge is 0.411 e. The van der Waals surface area contributed by atoms with Crippen LogP contribution in [-0.4, -0.2) is 197 Å². The van der Waals surface area contributed by atoms with Crippen LogP contribution in [0, 0.1) is 0 Å². The van der Waals surface area contributed by atoms with E-state index < -0.39 is 47.4 Å². The van der Waals surface area contributed by atoms with Crippen molar-refractivity contribution in [2.45, 2.75) is 45.1 Å². The summed E-state index contributed by atoms with van der Waals surface area (Å²) in [7, 11) is 8.17. The zero-order chi connectivity index (χ0) is 72.1. The van der Waals surface area contributed by atoms with E-state index in [2.05, 4.69) is 62.8 Å². The molecule has 35 heteroatoms. The molecule has 35 nitrogen and oxygen atoms in total. The summed E-state index contributed by atoms with van der Waals surface area (Å²) in [6, 6.07) is 19.5. The number of nitrogens with one attached hydrogen (secondary N) is 9. The van der Waals surface area contributed by atoms with Crippen molar-refractivity contribution in [3.8, 4) is 5.75 Å². The van der Waals surface area contributed by atoms with Crippen LogP contribution in [0.3, 0.4) is 0 Å². The number of carbonyl (C=O) groups excluding carboxylic acids is 9. The molecule has 5 heterocycles. The highest BCUT2D eigenvalue weighted by molar-refractivity contribution is 6.04. The summed E-state index contributed by atoms with van der Waals surface area (Å²) in [4.78, 5) is 127. The highest BCUT2D eigenvalue weighted by Gasteiger charge is 2.21. The molecule has 0 aliphatic heterocycles. The van der Waals surface area contributed by atoms with Gasteiger partial charge in [0.25, 0.3) is 11.8 Å². The topological polar surface area (TPSA) is 408 Å². The number of nitrogens with zero attached hydrogens (tertiary/aromatic N) is 8. The van der Waals surface area contributed by atoms with Gasteiger partial charge in [0.1, 0.15) is 30.6 Å². The number of benzene rings is 2. The monoisotopic (exact) mass is 1410 g/mol. The van der Waals surface area contributed by atoms with E-state index in [-0.39, 0.29) is 93.4 Å². The molecule has 544 valence electrons. The van der Waals surface area contributed by atoms with Crippen LogP contribution in [0.4, 0.5) is 51.1 Å². The maximum Gasteiger partial charge on any atom is 0.411 e. The Balaban J connectivity index is 0.622. The molecule has 101 heavy (non-hydrogen) atoms. The summed E-state index contributed by atoms with van der Waals surface area (Å²) in [6.45, 7) is 6.14. The number of aromatic nitrogens is 8. The van der Waals surface area contributed by atoms with Crippen molar-refractivity contribution in [3.05, 3.63) is 121 Å². The fraction of sp³-hybridized carbons (Fsp3) is 0.424. The first kappa shape index (κ1) is 77.5. The lowest BCUT2D eigenvalue weighted by molar-refractivity contribution is -0.124. The minimum atomic E-state index is -0.625. The molecular weight excluding hydrogens is 1320 g/mol. The lowest BCUT2D eigenvalue weighted by Gasteiger charge is -2.10. The number of ether oxygens (including phenoxy) is 9. The molecule has 0 saturated heterocycles. The van der Waals surface area contributed by atoms with Crippen molar-refractivity contribution in [2.75, 3.05) is 148 Å². The average molecular weight is 1410 g/mol. The third-order valence-corrected chi connectivity index (χ3v) is 14.2. The molecule has 0 saturated carbocycles. The molecule has 0 atom stereocenters. The van der Waals surface area contributed by atoms with E-state index in [0.717, 1.165) is 5.56 Å². The summed E-state index contributed by atoms with van der Waals surface area (Å²) in [6.07, 6.45) is 7.65. The van der Waals surface area contributed by atoms with Crippen LogP contribution >= 0.6 is 0 Å². The number of amides is 9. The van der Waals surface area contributed by atoms with Crippen molar-refractivity contribution in [1.29, 1.82) is 0 Å². The van der Waals surface area contributed by atoms with Crippen molar-refractivity contribution >= 4 is 99.6 Å². The molecule has 0 radical (unpaired) electrons. The first-order valence-corrected chi connectivity index (χ1v) is 32.3. The van der Waals surface area contributed by atoms with Gasteiger partial charge in [0, 0.05) is 135 Å². The minimum Gasteiger partial charge on any atom is -0.491 e. The summed E-state index contributed by atoms with van der Waals surface area (Å²) >= 11 is 0. The van der Waals surface area contributed by atoms with Crippen LogP contribution in [0.1, 0.15) is 65.3 Å². The van der Waals surface area contributed by atoms with Gasteiger partial charge < -0.3 is 103 Å². The second-order valence-corrected chi connectivity index (χ2v) is 22.3. The fourth-order valence-electron chi connectivity index (χ4n) is 9.05. The lowest BCUT2D eigenvalue weighted by atomic mass is 10.2. The fourth-order valence-corrected chi connectivity index (χ4v) is 9.05. The van der Waals surface area contributed by atoms with E-state index in [1.54, 1.807) is 97.9 Å². The molecule has 9 amide bonds. The summed E-state index contributed by atoms with van der Waals surface area (Å²) in [5.41, 5.74) is 2.23. The normalized spacial score (nSPS) is 11.0. The van der Waals surface area contributed by atoms with Crippen LogP contribution in [0.2, 0.25) is 0 Å². The first-order valence-electron chi connectivity index (χ1n) is 32.3. The van der Waals surface area contributed by atoms with E-state index in [4.69, 9.17) is 42.6 Å². The van der Waals surface area contributed by atoms with E-state index in [0.29, 0.717) is 127 Å². The quantitative estimate of drug-likeness (QED) is 0.0236. The van der Waals surface area contributed by atoms with Crippen LogP contribution in [0.15, 0.2) is 104 Å². The molecule has 0 aliphatic carbocycles. The number of hydrogen-bond donors (Lipinski definition) is 9. The third kappa shape index (κ3) is 28.9. The van der Waals surface area contributed by atoms with Crippen molar-refractivity contribution < 1.29 is 85.8 Å². The second kappa shape index (κ2) is 42.2. The van der Waals surface area contributed by atoms with E-state index in [9.17, 15) is 43.2 Å². The predicted molar refractivity (Wildman–Crippen MR) is 368 cm³/mol. The minimum absolute atomic E-state index is 0.0502. The maximum atomic E-state index is 13.3. The second-order valence-electron chi connectivity index (χ2n) is 22.3. The Labute approximate surface area is 581 Å². The molecule has 0 spiro atoms. The molecule has 0 bridgehead atoms. The Morgan fingerprint density at radius 1 is 0.396 bits per heavy atom. The van der Waals surface area contributed by atoms with Gasteiger partial charge in [-0.15, -0.1) is 0 Å².